The van der Waals surface area contributed by atoms with Gasteiger partial charge in [0.25, 0.3) is 0 Å². The van der Waals surface area contributed by atoms with Gasteiger partial charge in [-0.1, -0.05) is 68.7 Å². The number of nitrogens with two attached hydrogens (primary N) is 1. The molecule has 0 aromatic heterocycles. The molecule has 3 N–H and O–H groups in total. The molecular weight excluding hydrogens is 292 g/mol. The van der Waals surface area contributed by atoms with Gasteiger partial charge in [0.15, 0.2) is 0 Å². The Morgan fingerprint density at radius 3 is 2.27 bits per heavy atom. The maximum absolute atomic E-state index is 6.23. The molecule has 0 heterocycles. The van der Waals surface area contributed by atoms with Crippen LogP contribution in [-0.2, 0) is 6.54 Å². The van der Waals surface area contributed by atoms with E-state index in [0.29, 0.717) is 0 Å². The van der Waals surface area contributed by atoms with E-state index >= 15 is 0 Å². The van der Waals surface area contributed by atoms with Crippen LogP contribution in [0.5, 0.6) is 0 Å². The zero-order chi connectivity index (χ0) is 14.9. The highest BCUT2D eigenvalue weighted by molar-refractivity contribution is 5.85. The molecule has 2 rings (SSSR count). The molecule has 1 atom stereocenters. The van der Waals surface area contributed by atoms with Crippen LogP contribution in [0.4, 0.5) is 5.69 Å². The summed E-state index contributed by atoms with van der Waals surface area (Å²) < 4.78 is 0. The molecule has 22 heavy (non-hydrogen) atoms. The molecule has 0 aliphatic rings. The summed E-state index contributed by atoms with van der Waals surface area (Å²) in [5.74, 6) is 0. The van der Waals surface area contributed by atoms with Gasteiger partial charge >= 0.3 is 0 Å². The number of hydrogen-bond acceptors (Lipinski definition) is 2. The number of hydrogen-bond donors (Lipinski definition) is 2. The number of unbranched alkanes of at least 4 members (excludes halogenated alkanes) is 2. The lowest BCUT2D eigenvalue weighted by molar-refractivity contribution is 0.581. The third-order valence-corrected chi connectivity index (χ3v) is 3.80. The Morgan fingerprint density at radius 1 is 0.955 bits per heavy atom. The standard InChI is InChI=1S/C19H26N2.ClH/c1-2-3-5-10-19(20)17-11-13-18(14-12-17)21-15-16-8-6-4-7-9-16;/h4,6-9,11-14,19,21H,2-3,5,10,15,20H2,1H3;1H/t19-;/m0./s1. The first-order valence-corrected chi connectivity index (χ1v) is 7.93. The molecule has 0 aliphatic carbocycles. The van der Waals surface area contributed by atoms with E-state index in [1.165, 1.54) is 30.4 Å². The zero-order valence-electron chi connectivity index (χ0n) is 13.3. The van der Waals surface area contributed by atoms with Crippen LogP contribution in [0, 0.1) is 0 Å². The van der Waals surface area contributed by atoms with E-state index in [9.17, 15) is 0 Å². The van der Waals surface area contributed by atoms with Crippen LogP contribution in [0.3, 0.4) is 0 Å². The number of rotatable bonds is 8. The Balaban J connectivity index is 0.00000242. The fourth-order valence-electron chi connectivity index (χ4n) is 2.43. The summed E-state index contributed by atoms with van der Waals surface area (Å²) >= 11 is 0. The van der Waals surface area contributed by atoms with Crippen molar-refractivity contribution in [1.29, 1.82) is 0 Å². The zero-order valence-corrected chi connectivity index (χ0v) is 14.1. The van der Waals surface area contributed by atoms with Crippen molar-refractivity contribution in [3.05, 3.63) is 65.7 Å². The predicted molar refractivity (Wildman–Crippen MR) is 98.5 cm³/mol. The molecule has 0 spiro atoms. The maximum Gasteiger partial charge on any atom is 0.0400 e. The van der Waals surface area contributed by atoms with Gasteiger partial charge in [-0.3, -0.25) is 0 Å². The minimum Gasteiger partial charge on any atom is -0.381 e. The first-order valence-electron chi connectivity index (χ1n) is 7.93. The van der Waals surface area contributed by atoms with E-state index < -0.39 is 0 Å². The Morgan fingerprint density at radius 2 is 1.64 bits per heavy atom. The first-order chi connectivity index (χ1) is 10.3. The van der Waals surface area contributed by atoms with E-state index in [0.717, 1.165) is 18.7 Å². The molecule has 0 fully saturated rings. The largest absolute Gasteiger partial charge is 0.381 e. The normalized spacial score (nSPS) is 11.5. The van der Waals surface area contributed by atoms with Gasteiger partial charge in [0.05, 0.1) is 0 Å². The van der Waals surface area contributed by atoms with Crippen LogP contribution in [0.2, 0.25) is 0 Å². The summed E-state index contributed by atoms with van der Waals surface area (Å²) in [6.45, 7) is 3.07. The van der Waals surface area contributed by atoms with Gasteiger partial charge in [0.1, 0.15) is 0 Å². The summed E-state index contributed by atoms with van der Waals surface area (Å²) in [4.78, 5) is 0. The van der Waals surface area contributed by atoms with Crippen molar-refractivity contribution in [3.8, 4) is 0 Å². The molecule has 0 bridgehead atoms. The lowest BCUT2D eigenvalue weighted by Crippen LogP contribution is -2.10. The minimum atomic E-state index is 0. The van der Waals surface area contributed by atoms with E-state index in [1.54, 1.807) is 0 Å². The van der Waals surface area contributed by atoms with Gasteiger partial charge in [0.2, 0.25) is 0 Å². The Bertz CT molecular complexity index is 511. The molecule has 0 saturated carbocycles. The van der Waals surface area contributed by atoms with Crippen LogP contribution in [-0.4, -0.2) is 0 Å². The number of nitrogens with one attached hydrogen (secondary N) is 1. The molecule has 2 aromatic carbocycles. The summed E-state index contributed by atoms with van der Waals surface area (Å²) in [7, 11) is 0. The van der Waals surface area contributed by atoms with E-state index in [-0.39, 0.29) is 18.4 Å². The minimum absolute atomic E-state index is 0. The second-order valence-electron chi connectivity index (χ2n) is 5.56. The average Bonchev–Trinajstić information content (AvgIpc) is 2.54. The van der Waals surface area contributed by atoms with Crippen molar-refractivity contribution in [2.24, 2.45) is 5.73 Å². The second-order valence-corrected chi connectivity index (χ2v) is 5.56. The van der Waals surface area contributed by atoms with Crippen LogP contribution in [0.25, 0.3) is 0 Å². The monoisotopic (exact) mass is 318 g/mol. The van der Waals surface area contributed by atoms with Crippen molar-refractivity contribution in [2.45, 2.75) is 45.2 Å². The van der Waals surface area contributed by atoms with Crippen molar-refractivity contribution in [3.63, 3.8) is 0 Å². The van der Waals surface area contributed by atoms with Crippen molar-refractivity contribution < 1.29 is 0 Å². The van der Waals surface area contributed by atoms with Crippen LogP contribution in [0.1, 0.15) is 49.8 Å². The Kier molecular flexibility index (Phi) is 8.64. The summed E-state index contributed by atoms with van der Waals surface area (Å²) in [6.07, 6.45) is 4.80. The lowest BCUT2D eigenvalue weighted by Gasteiger charge is -2.13. The highest BCUT2D eigenvalue weighted by atomic mass is 35.5. The van der Waals surface area contributed by atoms with Gasteiger partial charge in [-0.2, -0.15) is 0 Å². The molecule has 3 heteroatoms. The van der Waals surface area contributed by atoms with Gasteiger partial charge in [-0.05, 0) is 29.7 Å². The van der Waals surface area contributed by atoms with E-state index in [4.69, 9.17) is 5.73 Å². The molecule has 2 nitrogen and oxygen atoms in total. The highest BCUT2D eigenvalue weighted by Crippen LogP contribution is 2.19. The third kappa shape index (κ3) is 6.08. The number of benzene rings is 2. The molecule has 0 amide bonds. The second kappa shape index (κ2) is 10.3. The number of halogens is 1. The molecule has 2 aromatic rings. The Labute approximate surface area is 140 Å². The topological polar surface area (TPSA) is 38.0 Å². The van der Waals surface area contributed by atoms with Crippen LogP contribution >= 0.6 is 12.4 Å². The van der Waals surface area contributed by atoms with Gasteiger partial charge in [-0.25, -0.2) is 0 Å². The lowest BCUT2D eigenvalue weighted by atomic mass is 10.0. The molecule has 0 aliphatic heterocycles. The fourth-order valence-corrected chi connectivity index (χ4v) is 2.43. The molecule has 0 saturated heterocycles. The quantitative estimate of drug-likeness (QED) is 0.648. The molecule has 0 unspecified atom stereocenters. The van der Waals surface area contributed by atoms with Crippen LogP contribution < -0.4 is 11.1 Å². The van der Waals surface area contributed by atoms with Crippen molar-refractivity contribution in [2.75, 3.05) is 5.32 Å². The smallest absolute Gasteiger partial charge is 0.0400 e. The van der Waals surface area contributed by atoms with Crippen molar-refractivity contribution >= 4 is 18.1 Å². The molecule has 0 radical (unpaired) electrons. The predicted octanol–water partition coefficient (Wildman–Crippen LogP) is 5.30. The highest BCUT2D eigenvalue weighted by Gasteiger charge is 2.05. The van der Waals surface area contributed by atoms with Gasteiger partial charge < -0.3 is 11.1 Å². The van der Waals surface area contributed by atoms with E-state index in [2.05, 4.69) is 60.8 Å². The maximum atomic E-state index is 6.23. The Hall–Kier alpha value is -1.51. The average molecular weight is 319 g/mol. The SMILES string of the molecule is CCCCC[C@H](N)c1ccc(NCc2ccccc2)cc1.Cl. The van der Waals surface area contributed by atoms with Gasteiger partial charge in [-0.15, -0.1) is 12.4 Å². The molecular formula is C19H27ClN2. The fraction of sp³-hybridized carbons (Fsp3) is 0.368. The third-order valence-electron chi connectivity index (χ3n) is 3.80. The first kappa shape index (κ1) is 18.5. The summed E-state index contributed by atoms with van der Waals surface area (Å²) in [6, 6.07) is 19.1. The van der Waals surface area contributed by atoms with E-state index in [1.807, 2.05) is 6.07 Å². The summed E-state index contributed by atoms with van der Waals surface area (Å²) in [5.41, 5.74) is 9.89. The summed E-state index contributed by atoms with van der Waals surface area (Å²) in [5, 5.41) is 3.44. The number of anilines is 1. The van der Waals surface area contributed by atoms with Gasteiger partial charge in [0, 0.05) is 18.3 Å². The van der Waals surface area contributed by atoms with Crippen LogP contribution in [0.15, 0.2) is 54.6 Å². The molecule has 120 valence electrons. The van der Waals surface area contributed by atoms with Crippen molar-refractivity contribution in [1.82, 2.24) is 0 Å².